The predicted molar refractivity (Wildman–Crippen MR) is 85.5 cm³/mol. The van der Waals surface area contributed by atoms with Crippen LogP contribution in [0.3, 0.4) is 0 Å². The number of carbonyl (C=O) groups is 2. The van der Waals surface area contributed by atoms with Crippen LogP contribution >= 0.6 is 11.8 Å². The number of imide groups is 1. The van der Waals surface area contributed by atoms with Crippen LogP contribution in [0.5, 0.6) is 0 Å². The first-order valence-electron chi connectivity index (χ1n) is 6.92. The smallest absolute Gasteiger partial charge is 0.263 e. The average Bonchev–Trinajstić information content (AvgIpc) is 2.47. The van der Waals surface area contributed by atoms with Gasteiger partial charge in [-0.05, 0) is 49.0 Å². The first-order valence-corrected chi connectivity index (χ1v) is 8.31. The van der Waals surface area contributed by atoms with Gasteiger partial charge >= 0.3 is 0 Å². The third-order valence-electron chi connectivity index (χ3n) is 2.93. The van der Waals surface area contributed by atoms with Crippen LogP contribution in [-0.4, -0.2) is 31.4 Å². The van der Waals surface area contributed by atoms with Gasteiger partial charge in [-0.3, -0.25) is 14.9 Å². The Labute approximate surface area is 129 Å². The highest BCUT2D eigenvalue weighted by molar-refractivity contribution is 7.98. The maximum absolute atomic E-state index is 12.1. The molecule has 5 nitrogen and oxygen atoms in total. The molecule has 1 rings (SSSR count). The van der Waals surface area contributed by atoms with Gasteiger partial charge in [0.05, 0.1) is 0 Å². The molecule has 0 saturated carbocycles. The summed E-state index contributed by atoms with van der Waals surface area (Å²) in [5.74, 6) is 1.68. The Morgan fingerprint density at radius 2 is 2.24 bits per heavy atom. The molecule has 0 unspecified atom stereocenters. The van der Waals surface area contributed by atoms with Crippen LogP contribution < -0.4 is 10.6 Å². The van der Waals surface area contributed by atoms with E-state index in [1.165, 1.54) is 0 Å². The number of allylic oxidation sites excluding steroid dienone is 2. The first-order chi connectivity index (χ1) is 10.2. The molecule has 0 saturated heterocycles. The van der Waals surface area contributed by atoms with Crippen LogP contribution in [0.4, 0.5) is 0 Å². The molecule has 1 aliphatic rings. The summed E-state index contributed by atoms with van der Waals surface area (Å²) < 4.78 is 5.66. The largest absolute Gasteiger partial charge is 0.441 e. The van der Waals surface area contributed by atoms with Crippen LogP contribution in [0.2, 0.25) is 0 Å². The van der Waals surface area contributed by atoms with Gasteiger partial charge in [0.25, 0.3) is 5.91 Å². The van der Waals surface area contributed by atoms with Crippen molar-refractivity contribution in [3.63, 3.8) is 0 Å². The Morgan fingerprint density at radius 1 is 1.48 bits per heavy atom. The van der Waals surface area contributed by atoms with Crippen LogP contribution in [0.15, 0.2) is 34.9 Å². The molecule has 0 atom stereocenters. The lowest BCUT2D eigenvalue weighted by atomic mass is 9.98. The Bertz CT molecular complexity index is 481. The van der Waals surface area contributed by atoms with Crippen molar-refractivity contribution in [3.8, 4) is 0 Å². The van der Waals surface area contributed by atoms with Crippen molar-refractivity contribution in [3.05, 3.63) is 34.9 Å². The van der Waals surface area contributed by atoms with Gasteiger partial charge in [0, 0.05) is 7.05 Å². The fourth-order valence-electron chi connectivity index (χ4n) is 2.04. The second kappa shape index (κ2) is 9.28. The summed E-state index contributed by atoms with van der Waals surface area (Å²) >= 11 is 1.77. The summed E-state index contributed by atoms with van der Waals surface area (Å²) in [6.07, 6.45) is 8.84. The minimum Gasteiger partial charge on any atom is -0.441 e. The maximum atomic E-state index is 12.1. The number of amides is 2. The van der Waals surface area contributed by atoms with Crippen LogP contribution in [0.25, 0.3) is 0 Å². The first kappa shape index (κ1) is 17.4. The topological polar surface area (TPSA) is 67.4 Å². The van der Waals surface area contributed by atoms with Gasteiger partial charge in [0.1, 0.15) is 11.3 Å². The van der Waals surface area contributed by atoms with E-state index in [1.54, 1.807) is 18.8 Å². The number of carbonyl (C=O) groups excluding carboxylic acids is 2. The summed E-state index contributed by atoms with van der Waals surface area (Å²) in [7, 11) is 1.69. The quantitative estimate of drug-likeness (QED) is 0.531. The zero-order valence-electron chi connectivity index (χ0n) is 12.7. The average molecular weight is 310 g/mol. The third kappa shape index (κ3) is 4.97. The van der Waals surface area contributed by atoms with E-state index in [1.807, 2.05) is 19.1 Å². The van der Waals surface area contributed by atoms with E-state index in [2.05, 4.69) is 16.9 Å². The van der Waals surface area contributed by atoms with Gasteiger partial charge in [0.2, 0.25) is 12.3 Å². The standard InChI is InChI=1S/C15H22N2O3S/c1-4-6-12-9-11(7-5-8-21-3)13(14(19)17-10-18)15(16-2)20-12/h6,9-10,16H,4-5,7-8H2,1-3H3,(H,17,18,19)/b12-6-. The number of hydrogen-bond donors (Lipinski definition) is 2. The van der Waals surface area contributed by atoms with Crippen molar-refractivity contribution in [2.45, 2.75) is 26.2 Å². The van der Waals surface area contributed by atoms with Gasteiger partial charge in [-0.2, -0.15) is 11.8 Å². The van der Waals surface area contributed by atoms with E-state index in [9.17, 15) is 9.59 Å². The minimum atomic E-state index is -0.444. The molecule has 2 N–H and O–H groups in total. The summed E-state index contributed by atoms with van der Waals surface area (Å²) in [5, 5.41) is 5.08. The molecule has 2 amide bonds. The van der Waals surface area contributed by atoms with Crippen LogP contribution in [0.1, 0.15) is 26.2 Å². The number of ether oxygens (including phenoxy) is 1. The Kier molecular flexibility index (Phi) is 7.68. The normalized spacial score (nSPS) is 16.3. The zero-order chi connectivity index (χ0) is 15.7. The molecule has 0 fully saturated rings. The Hall–Kier alpha value is -1.69. The van der Waals surface area contributed by atoms with E-state index < -0.39 is 5.91 Å². The summed E-state index contributed by atoms with van der Waals surface area (Å²) in [5.41, 5.74) is 1.29. The zero-order valence-corrected chi connectivity index (χ0v) is 13.5. The van der Waals surface area contributed by atoms with Crippen molar-refractivity contribution < 1.29 is 14.3 Å². The molecule has 1 aliphatic heterocycles. The van der Waals surface area contributed by atoms with Crippen molar-refractivity contribution in [2.75, 3.05) is 19.1 Å². The molecule has 0 bridgehead atoms. The highest BCUT2D eigenvalue weighted by Crippen LogP contribution is 2.28. The maximum Gasteiger partial charge on any atom is 0.263 e. The number of nitrogens with one attached hydrogen (secondary N) is 2. The molecule has 1 heterocycles. The van der Waals surface area contributed by atoms with E-state index in [-0.39, 0.29) is 0 Å². The van der Waals surface area contributed by atoms with E-state index in [0.29, 0.717) is 17.9 Å². The molecule has 0 aromatic heterocycles. The molecule has 21 heavy (non-hydrogen) atoms. The Balaban J connectivity index is 3.10. The molecule has 0 aliphatic carbocycles. The Morgan fingerprint density at radius 3 is 2.81 bits per heavy atom. The number of hydrogen-bond acceptors (Lipinski definition) is 5. The van der Waals surface area contributed by atoms with Gasteiger partial charge in [-0.25, -0.2) is 0 Å². The van der Waals surface area contributed by atoms with E-state index in [4.69, 9.17) is 4.74 Å². The molecular formula is C15H22N2O3S. The summed E-state index contributed by atoms with van der Waals surface area (Å²) in [4.78, 5) is 22.6. The van der Waals surface area contributed by atoms with Crippen molar-refractivity contribution in [2.24, 2.45) is 0 Å². The molecule has 0 aromatic carbocycles. The molecule has 6 heteroatoms. The molecule has 116 valence electrons. The lowest BCUT2D eigenvalue weighted by Crippen LogP contribution is -2.30. The molecular weight excluding hydrogens is 288 g/mol. The fourth-order valence-corrected chi connectivity index (χ4v) is 2.48. The van der Waals surface area contributed by atoms with Crippen molar-refractivity contribution in [1.29, 1.82) is 0 Å². The fraction of sp³-hybridized carbons (Fsp3) is 0.467. The van der Waals surface area contributed by atoms with Crippen molar-refractivity contribution in [1.82, 2.24) is 10.6 Å². The number of thioether (sulfide) groups is 1. The predicted octanol–water partition coefficient (Wildman–Crippen LogP) is 2.08. The molecule has 0 aromatic rings. The third-order valence-corrected chi connectivity index (χ3v) is 3.63. The SMILES string of the molecule is CC/C=C1/C=C(CCCSC)C(C(=O)NC=O)=C(NC)O1. The van der Waals surface area contributed by atoms with Gasteiger partial charge in [-0.15, -0.1) is 0 Å². The second-order valence-electron chi connectivity index (χ2n) is 4.43. The van der Waals surface area contributed by atoms with E-state index >= 15 is 0 Å². The minimum absolute atomic E-state index is 0.385. The lowest BCUT2D eigenvalue weighted by molar-refractivity contribution is -0.122. The highest BCUT2D eigenvalue weighted by Gasteiger charge is 2.25. The van der Waals surface area contributed by atoms with E-state index in [0.717, 1.165) is 36.3 Å². The summed E-state index contributed by atoms with van der Waals surface area (Å²) in [6.45, 7) is 2.02. The van der Waals surface area contributed by atoms with Crippen molar-refractivity contribution >= 4 is 24.1 Å². The lowest BCUT2D eigenvalue weighted by Gasteiger charge is -2.22. The second-order valence-corrected chi connectivity index (χ2v) is 5.41. The number of rotatable bonds is 8. The molecule has 0 radical (unpaired) electrons. The van der Waals surface area contributed by atoms with Gasteiger partial charge < -0.3 is 10.1 Å². The molecule has 0 spiro atoms. The summed E-state index contributed by atoms with van der Waals surface area (Å²) in [6, 6.07) is 0. The van der Waals surface area contributed by atoms with Gasteiger partial charge in [0.15, 0.2) is 0 Å². The highest BCUT2D eigenvalue weighted by atomic mass is 32.2. The van der Waals surface area contributed by atoms with Crippen LogP contribution in [0, 0.1) is 0 Å². The monoisotopic (exact) mass is 310 g/mol. The van der Waals surface area contributed by atoms with Crippen LogP contribution in [-0.2, 0) is 14.3 Å². The van der Waals surface area contributed by atoms with Gasteiger partial charge in [-0.1, -0.05) is 6.92 Å².